The van der Waals surface area contributed by atoms with Crippen molar-refractivity contribution >= 4 is 51.4 Å². The molecule has 0 aliphatic heterocycles. The minimum atomic E-state index is -0.452. The van der Waals surface area contributed by atoms with Crippen LogP contribution in [-0.2, 0) is 9.53 Å². The SMILES string of the molecule is CCOC(=O)c1c(NC(=O)CCCOc2ccc(Cl)cc2Cl)sc(C)c1-c1ccccc1. The summed E-state index contributed by atoms with van der Waals surface area (Å²) < 4.78 is 10.9. The Morgan fingerprint density at radius 3 is 2.53 bits per heavy atom. The third-order valence-electron chi connectivity index (χ3n) is 4.58. The van der Waals surface area contributed by atoms with Gasteiger partial charge in [0.25, 0.3) is 0 Å². The van der Waals surface area contributed by atoms with Gasteiger partial charge in [-0.1, -0.05) is 53.5 Å². The Balaban J connectivity index is 1.68. The van der Waals surface area contributed by atoms with E-state index in [-0.39, 0.29) is 18.9 Å². The molecule has 8 heteroatoms. The Bertz CT molecular complexity index is 1100. The zero-order chi connectivity index (χ0) is 23.1. The number of rotatable bonds is 9. The normalized spacial score (nSPS) is 10.6. The van der Waals surface area contributed by atoms with Crippen LogP contribution in [0.25, 0.3) is 11.1 Å². The van der Waals surface area contributed by atoms with E-state index in [1.807, 2.05) is 37.3 Å². The van der Waals surface area contributed by atoms with Crippen LogP contribution >= 0.6 is 34.5 Å². The van der Waals surface area contributed by atoms with Crippen LogP contribution < -0.4 is 10.1 Å². The molecule has 0 radical (unpaired) electrons. The maximum atomic E-state index is 12.7. The number of halogens is 2. The molecule has 3 aromatic rings. The molecule has 0 fully saturated rings. The first kappa shape index (κ1) is 24.1. The molecule has 168 valence electrons. The van der Waals surface area contributed by atoms with Crippen molar-refractivity contribution in [2.24, 2.45) is 0 Å². The first-order valence-electron chi connectivity index (χ1n) is 10.1. The van der Waals surface area contributed by atoms with Crippen molar-refractivity contribution in [2.75, 3.05) is 18.5 Å². The lowest BCUT2D eigenvalue weighted by atomic mass is 10.0. The summed E-state index contributed by atoms with van der Waals surface area (Å²) in [6.45, 7) is 4.25. The van der Waals surface area contributed by atoms with Crippen LogP contribution in [0.1, 0.15) is 35.0 Å². The fourth-order valence-electron chi connectivity index (χ4n) is 3.18. The lowest BCUT2D eigenvalue weighted by Crippen LogP contribution is -2.15. The third-order valence-corrected chi connectivity index (χ3v) is 6.13. The predicted octanol–water partition coefficient (Wildman–Crippen LogP) is 7.00. The van der Waals surface area contributed by atoms with Gasteiger partial charge >= 0.3 is 5.97 Å². The molecule has 0 aliphatic rings. The van der Waals surface area contributed by atoms with Gasteiger partial charge in [0.15, 0.2) is 0 Å². The molecule has 2 aromatic carbocycles. The molecule has 0 atom stereocenters. The van der Waals surface area contributed by atoms with E-state index < -0.39 is 5.97 Å². The lowest BCUT2D eigenvalue weighted by Gasteiger charge is -2.10. The standard InChI is InChI=1S/C24H23Cl2NO4S/c1-3-30-24(29)22-21(16-8-5-4-6-9-16)15(2)32-23(22)27-20(28)10-7-13-31-19-12-11-17(25)14-18(19)26/h4-6,8-9,11-12,14H,3,7,10,13H2,1-2H3,(H,27,28). The molecule has 3 rings (SSSR count). The second-order valence-corrected chi connectivity index (χ2v) is 8.97. The molecule has 5 nitrogen and oxygen atoms in total. The number of thiophene rings is 1. The van der Waals surface area contributed by atoms with E-state index in [0.29, 0.717) is 39.4 Å². The van der Waals surface area contributed by atoms with Crippen molar-refractivity contribution in [1.29, 1.82) is 0 Å². The van der Waals surface area contributed by atoms with Crippen LogP contribution in [0.5, 0.6) is 5.75 Å². The predicted molar refractivity (Wildman–Crippen MR) is 130 cm³/mol. The van der Waals surface area contributed by atoms with Crippen LogP contribution in [0, 0.1) is 6.92 Å². The number of carbonyl (C=O) groups is 2. The number of hydrogen-bond donors (Lipinski definition) is 1. The molecule has 1 heterocycles. The minimum Gasteiger partial charge on any atom is -0.492 e. The number of benzene rings is 2. The molecule has 1 N–H and O–H groups in total. The van der Waals surface area contributed by atoms with E-state index in [1.165, 1.54) is 11.3 Å². The first-order valence-corrected chi connectivity index (χ1v) is 11.7. The Kier molecular flexibility index (Phi) is 8.56. The fourth-order valence-corrected chi connectivity index (χ4v) is 4.72. The molecule has 0 spiro atoms. The summed E-state index contributed by atoms with van der Waals surface area (Å²) >= 11 is 13.3. The summed E-state index contributed by atoms with van der Waals surface area (Å²) in [5.74, 6) is -0.142. The van der Waals surface area contributed by atoms with E-state index in [9.17, 15) is 9.59 Å². The van der Waals surface area contributed by atoms with Crippen LogP contribution in [0.15, 0.2) is 48.5 Å². The van der Waals surface area contributed by atoms with E-state index in [2.05, 4.69) is 5.32 Å². The number of esters is 1. The number of hydrogen-bond acceptors (Lipinski definition) is 5. The van der Waals surface area contributed by atoms with Gasteiger partial charge in [0.1, 0.15) is 16.3 Å². The highest BCUT2D eigenvalue weighted by Gasteiger charge is 2.25. The second kappa shape index (κ2) is 11.4. The Labute approximate surface area is 201 Å². The molecule has 32 heavy (non-hydrogen) atoms. The van der Waals surface area contributed by atoms with Gasteiger partial charge in [-0.2, -0.15) is 0 Å². The van der Waals surface area contributed by atoms with Gasteiger partial charge in [-0.3, -0.25) is 4.79 Å². The smallest absolute Gasteiger partial charge is 0.341 e. The number of carbonyl (C=O) groups excluding carboxylic acids is 2. The van der Waals surface area contributed by atoms with Gasteiger partial charge in [0, 0.05) is 21.9 Å². The molecular formula is C24H23Cl2NO4S. The molecule has 1 amide bonds. The molecule has 0 saturated carbocycles. The summed E-state index contributed by atoms with van der Waals surface area (Å²) in [5, 5.41) is 4.32. The van der Waals surface area contributed by atoms with E-state index >= 15 is 0 Å². The van der Waals surface area contributed by atoms with Crippen molar-refractivity contribution < 1.29 is 19.1 Å². The monoisotopic (exact) mass is 491 g/mol. The van der Waals surface area contributed by atoms with Gasteiger partial charge in [-0.05, 0) is 44.0 Å². The highest BCUT2D eigenvalue weighted by Crippen LogP contribution is 2.40. The number of nitrogens with one attached hydrogen (secondary N) is 1. The summed E-state index contributed by atoms with van der Waals surface area (Å²) in [5.41, 5.74) is 2.07. The zero-order valence-electron chi connectivity index (χ0n) is 17.7. The average molecular weight is 492 g/mol. The number of amides is 1. The molecular weight excluding hydrogens is 469 g/mol. The van der Waals surface area contributed by atoms with Crippen molar-refractivity contribution in [2.45, 2.75) is 26.7 Å². The van der Waals surface area contributed by atoms with Crippen LogP contribution in [-0.4, -0.2) is 25.1 Å². The quantitative estimate of drug-likeness (QED) is 0.258. The van der Waals surface area contributed by atoms with Crippen molar-refractivity contribution in [3.8, 4) is 16.9 Å². The fraction of sp³-hybridized carbons (Fsp3) is 0.250. The van der Waals surface area contributed by atoms with Crippen molar-refractivity contribution in [1.82, 2.24) is 0 Å². The van der Waals surface area contributed by atoms with E-state index in [1.54, 1.807) is 25.1 Å². The van der Waals surface area contributed by atoms with E-state index in [4.69, 9.17) is 32.7 Å². The second-order valence-electron chi connectivity index (χ2n) is 6.90. The zero-order valence-corrected chi connectivity index (χ0v) is 20.1. The van der Waals surface area contributed by atoms with Gasteiger partial charge < -0.3 is 14.8 Å². The number of ether oxygens (including phenoxy) is 2. The van der Waals surface area contributed by atoms with Gasteiger partial charge in [0.2, 0.25) is 5.91 Å². The lowest BCUT2D eigenvalue weighted by molar-refractivity contribution is -0.116. The molecule has 0 bridgehead atoms. The maximum absolute atomic E-state index is 12.7. The minimum absolute atomic E-state index is 0.206. The third kappa shape index (κ3) is 6.03. The maximum Gasteiger partial charge on any atom is 0.341 e. The number of aryl methyl sites for hydroxylation is 1. The Morgan fingerprint density at radius 1 is 1.09 bits per heavy atom. The Morgan fingerprint density at radius 2 is 1.84 bits per heavy atom. The van der Waals surface area contributed by atoms with Gasteiger partial charge in [-0.15, -0.1) is 11.3 Å². The molecule has 0 saturated heterocycles. The molecule has 0 aliphatic carbocycles. The molecule has 0 unspecified atom stereocenters. The summed E-state index contributed by atoms with van der Waals surface area (Å²) in [6, 6.07) is 14.6. The molecule has 1 aromatic heterocycles. The van der Waals surface area contributed by atoms with Crippen LogP contribution in [0.3, 0.4) is 0 Å². The van der Waals surface area contributed by atoms with Crippen molar-refractivity contribution in [3.05, 3.63) is 69.0 Å². The average Bonchev–Trinajstić information content (AvgIpc) is 3.08. The Hall–Kier alpha value is -2.54. The highest BCUT2D eigenvalue weighted by molar-refractivity contribution is 7.17. The largest absolute Gasteiger partial charge is 0.492 e. The van der Waals surface area contributed by atoms with Gasteiger partial charge in [0.05, 0.1) is 18.2 Å². The summed E-state index contributed by atoms with van der Waals surface area (Å²) in [6.07, 6.45) is 0.709. The van der Waals surface area contributed by atoms with E-state index in [0.717, 1.165) is 16.0 Å². The first-order chi connectivity index (χ1) is 15.4. The summed E-state index contributed by atoms with van der Waals surface area (Å²) in [7, 11) is 0. The van der Waals surface area contributed by atoms with Crippen LogP contribution in [0.4, 0.5) is 5.00 Å². The highest BCUT2D eigenvalue weighted by atomic mass is 35.5. The number of anilines is 1. The van der Waals surface area contributed by atoms with Gasteiger partial charge in [-0.25, -0.2) is 4.79 Å². The van der Waals surface area contributed by atoms with Crippen LogP contribution in [0.2, 0.25) is 10.0 Å². The topological polar surface area (TPSA) is 64.6 Å². The summed E-state index contributed by atoms with van der Waals surface area (Å²) in [4.78, 5) is 26.2. The van der Waals surface area contributed by atoms with Crippen molar-refractivity contribution in [3.63, 3.8) is 0 Å².